The van der Waals surface area contributed by atoms with E-state index in [1.807, 2.05) is 30.3 Å². The van der Waals surface area contributed by atoms with Gasteiger partial charge in [0.2, 0.25) is 0 Å². The summed E-state index contributed by atoms with van der Waals surface area (Å²) in [7, 11) is 0. The number of nitrogens with zero attached hydrogens (tertiary/aromatic N) is 1. The predicted molar refractivity (Wildman–Crippen MR) is 103 cm³/mol. The molecule has 0 aliphatic carbocycles. The maximum absolute atomic E-state index is 12.8. The van der Waals surface area contributed by atoms with Crippen molar-refractivity contribution in [2.24, 2.45) is 0 Å². The molecule has 0 atom stereocenters. The van der Waals surface area contributed by atoms with Crippen LogP contribution in [0.15, 0.2) is 67.0 Å². The van der Waals surface area contributed by atoms with Crippen LogP contribution < -0.4 is 20.1 Å². The van der Waals surface area contributed by atoms with Gasteiger partial charge in [0, 0.05) is 36.4 Å². The normalized spacial score (nSPS) is 12.3. The van der Waals surface area contributed by atoms with Gasteiger partial charge in [-0.2, -0.15) is 0 Å². The molecule has 6 nitrogen and oxygen atoms in total. The van der Waals surface area contributed by atoms with Crippen LogP contribution in [0.25, 0.3) is 0 Å². The molecule has 136 valence electrons. The summed E-state index contributed by atoms with van der Waals surface area (Å²) in [5, 5.41) is 6.24. The third kappa shape index (κ3) is 4.00. The van der Waals surface area contributed by atoms with Crippen LogP contribution in [0.3, 0.4) is 0 Å². The summed E-state index contributed by atoms with van der Waals surface area (Å²) >= 11 is 0. The zero-order valence-corrected chi connectivity index (χ0v) is 14.6. The van der Waals surface area contributed by atoms with Crippen molar-refractivity contribution in [2.45, 2.75) is 6.54 Å². The SMILES string of the molecule is O=C(Nc1ccc2c(c1)OCCO2)c1ccccc1NCc1ccncc1. The molecule has 2 N–H and O–H groups in total. The van der Waals surface area contributed by atoms with E-state index in [0.29, 0.717) is 42.5 Å². The van der Waals surface area contributed by atoms with Gasteiger partial charge in [-0.3, -0.25) is 9.78 Å². The lowest BCUT2D eigenvalue weighted by Gasteiger charge is -2.19. The molecule has 1 aliphatic heterocycles. The number of rotatable bonds is 5. The third-order valence-corrected chi connectivity index (χ3v) is 4.20. The molecular weight excluding hydrogens is 342 g/mol. The van der Waals surface area contributed by atoms with Crippen molar-refractivity contribution >= 4 is 17.3 Å². The van der Waals surface area contributed by atoms with Gasteiger partial charge < -0.3 is 20.1 Å². The summed E-state index contributed by atoms with van der Waals surface area (Å²) in [4.78, 5) is 16.8. The van der Waals surface area contributed by atoms with Gasteiger partial charge in [-0.25, -0.2) is 0 Å². The molecular formula is C21H19N3O3. The van der Waals surface area contributed by atoms with Crippen molar-refractivity contribution in [1.82, 2.24) is 4.98 Å². The second kappa shape index (κ2) is 7.78. The zero-order chi connectivity index (χ0) is 18.5. The van der Waals surface area contributed by atoms with E-state index in [9.17, 15) is 4.79 Å². The van der Waals surface area contributed by atoms with Gasteiger partial charge in [0.05, 0.1) is 5.56 Å². The first-order chi connectivity index (χ1) is 13.3. The van der Waals surface area contributed by atoms with E-state index in [1.54, 1.807) is 36.7 Å². The molecule has 4 rings (SSSR count). The highest BCUT2D eigenvalue weighted by Gasteiger charge is 2.15. The molecule has 0 spiro atoms. The van der Waals surface area contributed by atoms with E-state index in [1.165, 1.54) is 0 Å². The van der Waals surface area contributed by atoms with Gasteiger partial charge in [0.25, 0.3) is 5.91 Å². The van der Waals surface area contributed by atoms with Gasteiger partial charge in [-0.05, 0) is 42.0 Å². The minimum absolute atomic E-state index is 0.190. The number of para-hydroxylation sites is 1. The van der Waals surface area contributed by atoms with Crippen LogP contribution in [-0.2, 0) is 6.54 Å². The summed E-state index contributed by atoms with van der Waals surface area (Å²) in [6, 6.07) is 16.7. The average Bonchev–Trinajstić information content (AvgIpc) is 2.73. The summed E-state index contributed by atoms with van der Waals surface area (Å²) < 4.78 is 11.1. The van der Waals surface area contributed by atoms with Crippen molar-refractivity contribution in [3.05, 3.63) is 78.1 Å². The summed E-state index contributed by atoms with van der Waals surface area (Å²) in [5.41, 5.74) is 3.09. The number of hydrogen-bond acceptors (Lipinski definition) is 5. The second-order valence-electron chi connectivity index (χ2n) is 6.07. The highest BCUT2D eigenvalue weighted by molar-refractivity contribution is 6.08. The molecule has 1 aliphatic rings. The average molecular weight is 361 g/mol. The molecule has 27 heavy (non-hydrogen) atoms. The molecule has 3 aromatic rings. The number of anilines is 2. The maximum atomic E-state index is 12.8. The first-order valence-corrected chi connectivity index (χ1v) is 8.72. The molecule has 1 amide bonds. The fraction of sp³-hybridized carbons (Fsp3) is 0.143. The van der Waals surface area contributed by atoms with Crippen molar-refractivity contribution in [3.63, 3.8) is 0 Å². The topological polar surface area (TPSA) is 72.5 Å². The lowest BCUT2D eigenvalue weighted by atomic mass is 10.1. The Labute approximate surface area is 157 Å². The number of nitrogens with one attached hydrogen (secondary N) is 2. The van der Waals surface area contributed by atoms with Crippen molar-refractivity contribution in [2.75, 3.05) is 23.8 Å². The Morgan fingerprint density at radius 3 is 2.59 bits per heavy atom. The van der Waals surface area contributed by atoms with Crippen molar-refractivity contribution < 1.29 is 14.3 Å². The minimum Gasteiger partial charge on any atom is -0.486 e. The number of pyridine rings is 1. The lowest BCUT2D eigenvalue weighted by Crippen LogP contribution is -2.17. The van der Waals surface area contributed by atoms with Gasteiger partial charge in [-0.1, -0.05) is 12.1 Å². The lowest BCUT2D eigenvalue weighted by molar-refractivity contribution is 0.102. The van der Waals surface area contributed by atoms with Crippen molar-refractivity contribution in [1.29, 1.82) is 0 Å². The Morgan fingerprint density at radius 2 is 1.74 bits per heavy atom. The standard InChI is InChI=1S/C21H19N3O3/c25-21(24-16-5-6-19-20(13-16)27-12-11-26-19)17-3-1-2-4-18(17)23-14-15-7-9-22-10-8-15/h1-10,13,23H,11-12,14H2,(H,24,25). The second-order valence-corrected chi connectivity index (χ2v) is 6.07. The van der Waals surface area contributed by atoms with E-state index < -0.39 is 0 Å². The van der Waals surface area contributed by atoms with Gasteiger partial charge in [0.1, 0.15) is 13.2 Å². The molecule has 1 aromatic heterocycles. The fourth-order valence-electron chi connectivity index (χ4n) is 2.85. The molecule has 0 saturated heterocycles. The number of aromatic nitrogens is 1. The number of carbonyl (C=O) groups is 1. The summed E-state index contributed by atoms with van der Waals surface area (Å²) in [5.74, 6) is 1.14. The molecule has 6 heteroatoms. The number of fused-ring (bicyclic) bond motifs is 1. The number of ether oxygens (including phenoxy) is 2. The first-order valence-electron chi connectivity index (χ1n) is 8.72. The molecule has 2 aromatic carbocycles. The van der Waals surface area contributed by atoms with Gasteiger partial charge in [0.15, 0.2) is 11.5 Å². The number of hydrogen-bond donors (Lipinski definition) is 2. The molecule has 0 bridgehead atoms. The highest BCUT2D eigenvalue weighted by Crippen LogP contribution is 2.32. The number of benzene rings is 2. The fourth-order valence-corrected chi connectivity index (χ4v) is 2.85. The Balaban J connectivity index is 1.49. The third-order valence-electron chi connectivity index (χ3n) is 4.20. The molecule has 0 unspecified atom stereocenters. The van der Waals surface area contributed by atoms with Crippen LogP contribution in [0.1, 0.15) is 15.9 Å². The van der Waals surface area contributed by atoms with E-state index in [4.69, 9.17) is 9.47 Å². The molecule has 0 fully saturated rings. The Bertz CT molecular complexity index is 944. The monoisotopic (exact) mass is 361 g/mol. The minimum atomic E-state index is -0.190. The number of amides is 1. The van der Waals surface area contributed by atoms with Gasteiger partial charge in [-0.15, -0.1) is 0 Å². The quantitative estimate of drug-likeness (QED) is 0.725. The summed E-state index contributed by atoms with van der Waals surface area (Å²) in [6.07, 6.45) is 3.50. The zero-order valence-electron chi connectivity index (χ0n) is 14.6. The Kier molecular flexibility index (Phi) is 4.87. The van der Waals surface area contributed by atoms with Crippen LogP contribution in [0.5, 0.6) is 11.5 Å². The Morgan fingerprint density at radius 1 is 0.963 bits per heavy atom. The maximum Gasteiger partial charge on any atom is 0.257 e. The number of carbonyl (C=O) groups excluding carboxylic acids is 1. The summed E-state index contributed by atoms with van der Waals surface area (Å²) in [6.45, 7) is 1.65. The predicted octanol–water partition coefficient (Wildman–Crippen LogP) is 3.72. The smallest absolute Gasteiger partial charge is 0.257 e. The van der Waals surface area contributed by atoms with E-state index in [2.05, 4.69) is 15.6 Å². The highest BCUT2D eigenvalue weighted by atomic mass is 16.6. The first kappa shape index (κ1) is 16.9. The molecule has 2 heterocycles. The Hall–Kier alpha value is -3.54. The van der Waals surface area contributed by atoms with Crippen LogP contribution in [0.4, 0.5) is 11.4 Å². The van der Waals surface area contributed by atoms with Crippen LogP contribution in [-0.4, -0.2) is 24.1 Å². The van der Waals surface area contributed by atoms with Crippen LogP contribution in [0, 0.1) is 0 Å². The van der Waals surface area contributed by atoms with Gasteiger partial charge >= 0.3 is 0 Å². The van der Waals surface area contributed by atoms with E-state index >= 15 is 0 Å². The molecule has 0 saturated carbocycles. The van der Waals surface area contributed by atoms with Crippen molar-refractivity contribution in [3.8, 4) is 11.5 Å². The van der Waals surface area contributed by atoms with E-state index in [0.717, 1.165) is 11.3 Å². The van der Waals surface area contributed by atoms with Crippen LogP contribution in [0.2, 0.25) is 0 Å². The molecule has 0 radical (unpaired) electrons. The van der Waals surface area contributed by atoms with E-state index in [-0.39, 0.29) is 5.91 Å². The van der Waals surface area contributed by atoms with Crippen LogP contribution >= 0.6 is 0 Å². The largest absolute Gasteiger partial charge is 0.486 e.